The molecule has 1 unspecified atom stereocenters. The van der Waals surface area contributed by atoms with Crippen LogP contribution in [0.3, 0.4) is 0 Å². The molecule has 5 rings (SSSR count). The fraction of sp³-hybridized carbons (Fsp3) is 0.621. The smallest absolute Gasteiger partial charge is 0.232 e. The Bertz CT molecular complexity index is 1030. The van der Waals surface area contributed by atoms with Gasteiger partial charge in [0.1, 0.15) is 17.5 Å². The minimum atomic E-state index is -0.192. The van der Waals surface area contributed by atoms with Gasteiger partial charge in [-0.15, -0.1) is 0 Å². The molecule has 0 radical (unpaired) electrons. The molecule has 3 fully saturated rings. The highest BCUT2D eigenvalue weighted by Gasteiger charge is 2.35. The molecule has 2 aromatic rings. The normalized spacial score (nSPS) is 21.9. The Morgan fingerprint density at radius 1 is 0.946 bits per heavy atom. The lowest BCUT2D eigenvalue weighted by molar-refractivity contribution is 0.434. The number of nitrogens with zero attached hydrogens (tertiary/aromatic N) is 4. The molecule has 1 saturated carbocycles. The molecule has 200 valence electrons. The molecule has 8 heteroatoms. The van der Waals surface area contributed by atoms with E-state index in [2.05, 4.69) is 33.4 Å². The Kier molecular flexibility index (Phi) is 8.43. The SMILES string of the molecule is CC1CCCN(c2cc(N3CCCCCC3)nc(NC(=S)NCC3(c4ccc(F)cc4)CCCC3)n2)C1. The number of hydrogen-bond acceptors (Lipinski definition) is 5. The number of benzene rings is 1. The van der Waals surface area contributed by atoms with E-state index >= 15 is 0 Å². The van der Waals surface area contributed by atoms with Crippen molar-refractivity contribution in [2.75, 3.05) is 47.8 Å². The highest BCUT2D eigenvalue weighted by Crippen LogP contribution is 2.40. The summed E-state index contributed by atoms with van der Waals surface area (Å²) in [6.45, 7) is 7.17. The van der Waals surface area contributed by atoms with Crippen LogP contribution in [0.25, 0.3) is 0 Å². The van der Waals surface area contributed by atoms with Crippen LogP contribution in [-0.2, 0) is 5.41 Å². The highest BCUT2D eigenvalue weighted by molar-refractivity contribution is 7.80. The van der Waals surface area contributed by atoms with E-state index in [1.807, 2.05) is 12.1 Å². The molecule has 1 aromatic carbocycles. The van der Waals surface area contributed by atoms with Crippen molar-refractivity contribution in [3.63, 3.8) is 0 Å². The first-order chi connectivity index (χ1) is 18.0. The lowest BCUT2D eigenvalue weighted by Crippen LogP contribution is -2.41. The number of hydrogen-bond donors (Lipinski definition) is 2. The highest BCUT2D eigenvalue weighted by atomic mass is 32.1. The maximum absolute atomic E-state index is 13.6. The van der Waals surface area contributed by atoms with Crippen molar-refractivity contribution >= 4 is 34.9 Å². The number of aromatic nitrogens is 2. The predicted molar refractivity (Wildman–Crippen MR) is 154 cm³/mol. The van der Waals surface area contributed by atoms with Gasteiger partial charge in [-0.1, -0.05) is 44.7 Å². The molecule has 6 nitrogen and oxygen atoms in total. The molecular formula is C29H41FN6S. The Morgan fingerprint density at radius 3 is 2.27 bits per heavy atom. The van der Waals surface area contributed by atoms with Crippen LogP contribution in [-0.4, -0.2) is 47.8 Å². The molecule has 37 heavy (non-hydrogen) atoms. The summed E-state index contributed by atoms with van der Waals surface area (Å²) in [5.74, 6) is 3.02. The van der Waals surface area contributed by atoms with Crippen molar-refractivity contribution in [2.45, 2.75) is 76.5 Å². The van der Waals surface area contributed by atoms with Crippen LogP contribution >= 0.6 is 12.2 Å². The largest absolute Gasteiger partial charge is 0.361 e. The molecule has 2 N–H and O–H groups in total. The van der Waals surface area contributed by atoms with Crippen molar-refractivity contribution in [1.29, 1.82) is 0 Å². The van der Waals surface area contributed by atoms with Crippen LogP contribution in [0, 0.1) is 11.7 Å². The second-order valence-electron chi connectivity index (χ2n) is 11.3. The van der Waals surface area contributed by atoms with E-state index in [1.165, 1.54) is 56.9 Å². The summed E-state index contributed by atoms with van der Waals surface area (Å²) in [7, 11) is 0. The molecule has 3 heterocycles. The van der Waals surface area contributed by atoms with Crippen LogP contribution in [0.15, 0.2) is 30.3 Å². The minimum Gasteiger partial charge on any atom is -0.361 e. The zero-order chi connectivity index (χ0) is 25.7. The van der Waals surface area contributed by atoms with Gasteiger partial charge in [-0.05, 0) is 74.4 Å². The Hall–Kier alpha value is -2.48. The second-order valence-corrected chi connectivity index (χ2v) is 11.7. The first kappa shape index (κ1) is 26.1. The Labute approximate surface area is 226 Å². The predicted octanol–water partition coefficient (Wildman–Crippen LogP) is 6.03. The van der Waals surface area contributed by atoms with E-state index < -0.39 is 0 Å². The fourth-order valence-corrected chi connectivity index (χ4v) is 6.48. The second kappa shape index (κ2) is 11.9. The summed E-state index contributed by atoms with van der Waals surface area (Å²) < 4.78 is 13.6. The van der Waals surface area contributed by atoms with Crippen LogP contribution in [0.5, 0.6) is 0 Å². The molecule has 1 atom stereocenters. The van der Waals surface area contributed by atoms with Crippen LogP contribution in [0.1, 0.15) is 76.7 Å². The molecule has 1 aliphatic carbocycles. The topological polar surface area (TPSA) is 56.3 Å². The molecule has 2 aliphatic heterocycles. The van der Waals surface area contributed by atoms with E-state index in [9.17, 15) is 4.39 Å². The summed E-state index contributed by atoms with van der Waals surface area (Å²) in [6.07, 6.45) is 11.9. The zero-order valence-corrected chi connectivity index (χ0v) is 23.0. The van der Waals surface area contributed by atoms with Crippen LogP contribution in [0.4, 0.5) is 22.0 Å². The van der Waals surface area contributed by atoms with Crippen LogP contribution in [0.2, 0.25) is 0 Å². The fourth-order valence-electron chi connectivity index (χ4n) is 6.32. The van der Waals surface area contributed by atoms with Crippen molar-refractivity contribution < 1.29 is 4.39 Å². The number of nitrogens with one attached hydrogen (secondary N) is 2. The molecule has 3 aliphatic rings. The Balaban J connectivity index is 1.32. The zero-order valence-electron chi connectivity index (χ0n) is 22.1. The summed E-state index contributed by atoms with van der Waals surface area (Å²) in [5, 5.41) is 7.32. The summed E-state index contributed by atoms with van der Waals surface area (Å²) in [5.41, 5.74) is 1.16. The number of piperidine rings is 1. The van der Waals surface area contributed by atoms with Crippen molar-refractivity contribution in [2.24, 2.45) is 5.92 Å². The van der Waals surface area contributed by atoms with Crippen LogP contribution < -0.4 is 20.4 Å². The quantitative estimate of drug-likeness (QED) is 0.448. The summed E-state index contributed by atoms with van der Waals surface area (Å²) >= 11 is 5.74. The molecule has 1 aromatic heterocycles. The van der Waals surface area contributed by atoms with Crippen molar-refractivity contribution in [3.05, 3.63) is 41.7 Å². The molecule has 0 bridgehead atoms. The van der Waals surface area contributed by atoms with Gasteiger partial charge in [-0.3, -0.25) is 0 Å². The monoisotopic (exact) mass is 524 g/mol. The van der Waals surface area contributed by atoms with Gasteiger partial charge >= 0.3 is 0 Å². The van der Waals surface area contributed by atoms with Gasteiger partial charge in [0.25, 0.3) is 0 Å². The molecule has 0 spiro atoms. The molecule has 0 amide bonds. The number of thiocarbonyl (C=S) groups is 1. The third-order valence-corrected chi connectivity index (χ3v) is 8.69. The van der Waals surface area contributed by atoms with Gasteiger partial charge in [-0.25, -0.2) is 4.39 Å². The van der Waals surface area contributed by atoms with Crippen molar-refractivity contribution in [3.8, 4) is 0 Å². The number of rotatable bonds is 6. The lowest BCUT2D eigenvalue weighted by atomic mass is 9.79. The van der Waals surface area contributed by atoms with E-state index in [4.69, 9.17) is 22.2 Å². The van der Waals surface area contributed by atoms with Gasteiger partial charge in [0.15, 0.2) is 5.11 Å². The lowest BCUT2D eigenvalue weighted by Gasteiger charge is -2.33. The maximum Gasteiger partial charge on any atom is 0.232 e. The third-order valence-electron chi connectivity index (χ3n) is 8.44. The summed E-state index contributed by atoms with van der Waals surface area (Å²) in [4.78, 5) is 14.7. The maximum atomic E-state index is 13.6. The van der Waals surface area contributed by atoms with Gasteiger partial charge < -0.3 is 20.4 Å². The number of anilines is 3. The first-order valence-corrected chi connectivity index (χ1v) is 14.6. The first-order valence-electron chi connectivity index (χ1n) is 14.2. The molecular weight excluding hydrogens is 483 g/mol. The minimum absolute atomic E-state index is 0.0245. The van der Waals surface area contributed by atoms with E-state index in [0.29, 0.717) is 23.5 Å². The Morgan fingerprint density at radius 2 is 1.59 bits per heavy atom. The van der Waals surface area contributed by atoms with Gasteiger partial charge in [-0.2, -0.15) is 9.97 Å². The van der Waals surface area contributed by atoms with Gasteiger partial charge in [0.2, 0.25) is 5.95 Å². The average molecular weight is 525 g/mol. The standard InChI is InChI=1S/C29H41FN6S/c1-22-9-8-18-36(20-22)26-19-25(35-16-6-2-3-7-17-35)32-27(33-26)34-28(37)31-21-29(14-4-5-15-29)23-10-12-24(30)13-11-23/h10-13,19,22H,2-9,14-18,20-21H2,1H3,(H2,31,32,33,34,37). The van der Waals surface area contributed by atoms with Gasteiger partial charge in [0.05, 0.1) is 0 Å². The van der Waals surface area contributed by atoms with E-state index in [0.717, 1.165) is 50.7 Å². The van der Waals surface area contributed by atoms with E-state index in [1.54, 1.807) is 12.1 Å². The number of halogens is 1. The van der Waals surface area contributed by atoms with E-state index in [-0.39, 0.29) is 11.2 Å². The third kappa shape index (κ3) is 6.51. The average Bonchev–Trinajstić information content (AvgIpc) is 3.22. The summed E-state index contributed by atoms with van der Waals surface area (Å²) in [6, 6.07) is 9.16. The van der Waals surface area contributed by atoms with Crippen molar-refractivity contribution in [1.82, 2.24) is 15.3 Å². The molecule has 2 saturated heterocycles. The van der Waals surface area contributed by atoms with Gasteiger partial charge in [0, 0.05) is 44.2 Å².